The standard InChI is InChI=1S/C12H14FN3O/c1-3-17-12-7-11(10(14)6-9(12)13)16-5-4-15-8(16)2/h4-7H,3,14H2,1-2H3. The molecule has 90 valence electrons. The monoisotopic (exact) mass is 235 g/mol. The van der Waals surface area contributed by atoms with E-state index in [1.54, 1.807) is 30.0 Å². The molecule has 0 spiro atoms. The predicted octanol–water partition coefficient (Wildman–Crippen LogP) is 2.30. The number of nitrogens with two attached hydrogens (primary N) is 1. The molecule has 1 heterocycles. The minimum Gasteiger partial charge on any atom is -0.491 e. The first-order chi connectivity index (χ1) is 8.13. The summed E-state index contributed by atoms with van der Waals surface area (Å²) in [6, 6.07) is 2.85. The van der Waals surface area contributed by atoms with Crippen molar-refractivity contribution in [2.45, 2.75) is 13.8 Å². The van der Waals surface area contributed by atoms with E-state index in [1.165, 1.54) is 6.07 Å². The molecule has 4 nitrogen and oxygen atoms in total. The summed E-state index contributed by atoms with van der Waals surface area (Å²) in [6.07, 6.45) is 3.44. The first-order valence-corrected chi connectivity index (χ1v) is 5.35. The van der Waals surface area contributed by atoms with Crippen LogP contribution in [0, 0.1) is 12.7 Å². The number of aryl methyl sites for hydroxylation is 1. The minimum absolute atomic E-state index is 0.199. The zero-order valence-corrected chi connectivity index (χ0v) is 9.77. The van der Waals surface area contributed by atoms with Crippen molar-refractivity contribution < 1.29 is 9.13 Å². The zero-order valence-electron chi connectivity index (χ0n) is 9.77. The van der Waals surface area contributed by atoms with Crippen molar-refractivity contribution in [3.63, 3.8) is 0 Å². The lowest BCUT2D eigenvalue weighted by Gasteiger charge is -2.12. The van der Waals surface area contributed by atoms with Gasteiger partial charge in [-0.25, -0.2) is 9.37 Å². The maximum absolute atomic E-state index is 13.5. The topological polar surface area (TPSA) is 53.1 Å². The molecule has 2 N–H and O–H groups in total. The van der Waals surface area contributed by atoms with E-state index in [4.69, 9.17) is 10.5 Å². The van der Waals surface area contributed by atoms with Gasteiger partial charge in [0.2, 0.25) is 0 Å². The number of nitrogens with zero attached hydrogens (tertiary/aromatic N) is 2. The molecular weight excluding hydrogens is 221 g/mol. The lowest BCUT2D eigenvalue weighted by molar-refractivity contribution is 0.321. The Morgan fingerprint density at radius 3 is 2.82 bits per heavy atom. The van der Waals surface area contributed by atoms with Crippen LogP contribution in [0.3, 0.4) is 0 Å². The van der Waals surface area contributed by atoms with Crippen molar-refractivity contribution in [1.29, 1.82) is 0 Å². The van der Waals surface area contributed by atoms with Gasteiger partial charge in [0.15, 0.2) is 11.6 Å². The third-order valence-electron chi connectivity index (χ3n) is 2.47. The molecule has 0 saturated carbocycles. The van der Waals surface area contributed by atoms with Crippen LogP contribution >= 0.6 is 0 Å². The number of anilines is 1. The molecule has 0 aliphatic rings. The Morgan fingerprint density at radius 2 is 2.24 bits per heavy atom. The number of nitrogen functional groups attached to an aromatic ring is 1. The number of aromatic nitrogens is 2. The lowest BCUT2D eigenvalue weighted by Crippen LogP contribution is -2.04. The average Bonchev–Trinajstić information content (AvgIpc) is 2.69. The van der Waals surface area contributed by atoms with E-state index in [2.05, 4.69) is 4.98 Å². The highest BCUT2D eigenvalue weighted by molar-refractivity contribution is 5.61. The van der Waals surface area contributed by atoms with Gasteiger partial charge in [0.1, 0.15) is 5.82 Å². The van der Waals surface area contributed by atoms with Gasteiger partial charge in [0, 0.05) is 24.5 Å². The van der Waals surface area contributed by atoms with Crippen LogP contribution in [0.1, 0.15) is 12.7 Å². The summed E-state index contributed by atoms with van der Waals surface area (Å²) < 4.78 is 20.5. The molecule has 5 heteroatoms. The number of ether oxygens (including phenoxy) is 1. The molecule has 0 aliphatic carbocycles. The van der Waals surface area contributed by atoms with Crippen LogP contribution < -0.4 is 10.5 Å². The summed E-state index contributed by atoms with van der Waals surface area (Å²) >= 11 is 0. The van der Waals surface area contributed by atoms with Crippen LogP contribution in [0.15, 0.2) is 24.5 Å². The van der Waals surface area contributed by atoms with E-state index in [0.29, 0.717) is 18.0 Å². The Balaban J connectivity index is 2.54. The fraction of sp³-hybridized carbons (Fsp3) is 0.250. The molecule has 0 fully saturated rings. The molecule has 0 amide bonds. The van der Waals surface area contributed by atoms with Gasteiger partial charge in [-0.05, 0) is 13.8 Å². The number of hydrogen-bond donors (Lipinski definition) is 1. The van der Waals surface area contributed by atoms with E-state index in [1.807, 2.05) is 6.92 Å². The van der Waals surface area contributed by atoms with Crippen molar-refractivity contribution in [2.24, 2.45) is 0 Å². The van der Waals surface area contributed by atoms with E-state index in [0.717, 1.165) is 5.82 Å². The highest BCUT2D eigenvalue weighted by atomic mass is 19.1. The normalized spacial score (nSPS) is 10.5. The smallest absolute Gasteiger partial charge is 0.167 e. The Kier molecular flexibility index (Phi) is 2.99. The molecule has 0 aliphatic heterocycles. The summed E-state index contributed by atoms with van der Waals surface area (Å²) in [5, 5.41) is 0. The third-order valence-corrected chi connectivity index (χ3v) is 2.47. The molecule has 0 unspecified atom stereocenters. The van der Waals surface area contributed by atoms with Gasteiger partial charge < -0.3 is 15.0 Å². The van der Waals surface area contributed by atoms with Gasteiger partial charge >= 0.3 is 0 Å². The number of benzene rings is 1. The highest BCUT2D eigenvalue weighted by Crippen LogP contribution is 2.27. The van der Waals surface area contributed by atoms with Gasteiger partial charge in [-0.1, -0.05) is 0 Å². The van der Waals surface area contributed by atoms with Crippen molar-refractivity contribution in [3.05, 3.63) is 36.2 Å². The van der Waals surface area contributed by atoms with Crippen LogP contribution in [0.5, 0.6) is 5.75 Å². The number of hydrogen-bond acceptors (Lipinski definition) is 3. The summed E-state index contributed by atoms with van der Waals surface area (Å²) in [5.74, 6) is 0.529. The van der Waals surface area contributed by atoms with E-state index >= 15 is 0 Å². The Morgan fingerprint density at radius 1 is 1.47 bits per heavy atom. The molecular formula is C12H14FN3O. The van der Waals surface area contributed by atoms with Crippen LogP contribution in [-0.2, 0) is 0 Å². The maximum atomic E-state index is 13.5. The van der Waals surface area contributed by atoms with Crippen LogP contribution in [-0.4, -0.2) is 16.2 Å². The number of imidazole rings is 1. The lowest BCUT2D eigenvalue weighted by atomic mass is 10.2. The summed E-state index contributed by atoms with van der Waals surface area (Å²) in [5.41, 5.74) is 6.83. The molecule has 0 atom stereocenters. The third kappa shape index (κ3) is 2.08. The summed E-state index contributed by atoms with van der Waals surface area (Å²) in [7, 11) is 0. The van der Waals surface area contributed by atoms with E-state index in [9.17, 15) is 4.39 Å². The van der Waals surface area contributed by atoms with Crippen molar-refractivity contribution >= 4 is 5.69 Å². The highest BCUT2D eigenvalue weighted by Gasteiger charge is 2.11. The second kappa shape index (κ2) is 4.45. The zero-order chi connectivity index (χ0) is 12.4. The van der Waals surface area contributed by atoms with Crippen molar-refractivity contribution in [1.82, 2.24) is 9.55 Å². The fourth-order valence-corrected chi connectivity index (χ4v) is 1.67. The van der Waals surface area contributed by atoms with Crippen molar-refractivity contribution in [3.8, 4) is 11.4 Å². The SMILES string of the molecule is CCOc1cc(-n2ccnc2C)c(N)cc1F. The van der Waals surface area contributed by atoms with Gasteiger partial charge in [-0.2, -0.15) is 0 Å². The summed E-state index contributed by atoms with van der Waals surface area (Å²) in [6.45, 7) is 4.06. The summed E-state index contributed by atoms with van der Waals surface area (Å²) in [4.78, 5) is 4.11. The molecule has 1 aromatic heterocycles. The second-order valence-electron chi connectivity index (χ2n) is 3.62. The van der Waals surface area contributed by atoms with Gasteiger partial charge in [-0.15, -0.1) is 0 Å². The molecule has 1 aromatic carbocycles. The molecule has 2 aromatic rings. The first kappa shape index (κ1) is 11.4. The quantitative estimate of drug-likeness (QED) is 0.830. The average molecular weight is 235 g/mol. The molecule has 0 saturated heterocycles. The van der Waals surface area contributed by atoms with Crippen LogP contribution in [0.2, 0.25) is 0 Å². The molecule has 0 bridgehead atoms. The Bertz CT molecular complexity index is 537. The maximum Gasteiger partial charge on any atom is 0.167 e. The van der Waals surface area contributed by atoms with Crippen molar-refractivity contribution in [2.75, 3.05) is 12.3 Å². The first-order valence-electron chi connectivity index (χ1n) is 5.35. The minimum atomic E-state index is -0.453. The van der Waals surface area contributed by atoms with Gasteiger partial charge in [0.05, 0.1) is 18.0 Å². The largest absolute Gasteiger partial charge is 0.491 e. The van der Waals surface area contributed by atoms with E-state index in [-0.39, 0.29) is 5.75 Å². The molecule has 17 heavy (non-hydrogen) atoms. The Hall–Kier alpha value is -2.04. The van der Waals surface area contributed by atoms with E-state index < -0.39 is 5.82 Å². The fourth-order valence-electron chi connectivity index (χ4n) is 1.67. The Labute approximate surface area is 98.8 Å². The second-order valence-corrected chi connectivity index (χ2v) is 3.62. The predicted molar refractivity (Wildman–Crippen MR) is 63.8 cm³/mol. The number of rotatable bonds is 3. The van der Waals surface area contributed by atoms with Crippen LogP contribution in [0.25, 0.3) is 5.69 Å². The number of halogens is 1. The van der Waals surface area contributed by atoms with Gasteiger partial charge in [0.25, 0.3) is 0 Å². The van der Waals surface area contributed by atoms with Crippen LogP contribution in [0.4, 0.5) is 10.1 Å². The molecule has 2 rings (SSSR count). The van der Waals surface area contributed by atoms with Gasteiger partial charge in [-0.3, -0.25) is 0 Å². The molecule has 0 radical (unpaired) electrons.